The van der Waals surface area contributed by atoms with Crippen molar-refractivity contribution in [2.45, 2.75) is 26.7 Å². The molecule has 2 aromatic carbocycles. The SMILES string of the molecule is Cc1cc(C#N)ccc1CCc1ccc(C#N)cc1C. The second-order valence-electron chi connectivity index (χ2n) is 5.01. The smallest absolute Gasteiger partial charge is 0.0991 e. The molecule has 0 heterocycles. The summed E-state index contributed by atoms with van der Waals surface area (Å²) in [4.78, 5) is 0. The van der Waals surface area contributed by atoms with Gasteiger partial charge in [-0.3, -0.25) is 0 Å². The summed E-state index contributed by atoms with van der Waals surface area (Å²) in [5.74, 6) is 0. The van der Waals surface area contributed by atoms with Crippen molar-refractivity contribution < 1.29 is 0 Å². The maximum atomic E-state index is 8.87. The van der Waals surface area contributed by atoms with E-state index in [0.717, 1.165) is 24.0 Å². The molecule has 0 saturated carbocycles. The van der Waals surface area contributed by atoms with Crippen molar-refractivity contribution in [3.05, 3.63) is 69.8 Å². The van der Waals surface area contributed by atoms with Gasteiger partial charge in [0.2, 0.25) is 0 Å². The highest BCUT2D eigenvalue weighted by molar-refractivity contribution is 5.40. The van der Waals surface area contributed by atoms with Gasteiger partial charge in [-0.2, -0.15) is 10.5 Å². The van der Waals surface area contributed by atoms with E-state index < -0.39 is 0 Å². The zero-order valence-electron chi connectivity index (χ0n) is 11.8. The zero-order valence-corrected chi connectivity index (χ0v) is 11.8. The fraction of sp³-hybridized carbons (Fsp3) is 0.222. The van der Waals surface area contributed by atoms with Gasteiger partial charge in [-0.15, -0.1) is 0 Å². The lowest BCUT2D eigenvalue weighted by Gasteiger charge is -2.09. The summed E-state index contributed by atoms with van der Waals surface area (Å²) in [6.45, 7) is 4.09. The molecule has 0 aliphatic carbocycles. The first-order chi connectivity index (χ1) is 9.63. The first-order valence-corrected chi connectivity index (χ1v) is 6.63. The van der Waals surface area contributed by atoms with E-state index in [2.05, 4.69) is 12.1 Å². The molecule has 98 valence electrons. The largest absolute Gasteiger partial charge is 0.192 e. The molecule has 0 spiro atoms. The van der Waals surface area contributed by atoms with Crippen molar-refractivity contribution in [1.29, 1.82) is 10.5 Å². The van der Waals surface area contributed by atoms with Crippen LogP contribution < -0.4 is 0 Å². The van der Waals surface area contributed by atoms with Crippen LogP contribution in [0.1, 0.15) is 33.4 Å². The standard InChI is InChI=1S/C18H16N2/c1-13-9-15(11-19)3-5-17(13)7-8-18-6-4-16(12-20)10-14(18)2/h3-6,9-10H,7-8H2,1-2H3. The minimum Gasteiger partial charge on any atom is -0.192 e. The maximum absolute atomic E-state index is 8.87. The Morgan fingerprint density at radius 1 is 0.750 bits per heavy atom. The number of nitriles is 2. The summed E-state index contributed by atoms with van der Waals surface area (Å²) >= 11 is 0. The third-order valence-electron chi connectivity index (χ3n) is 3.61. The van der Waals surface area contributed by atoms with Gasteiger partial charge in [0.15, 0.2) is 0 Å². The van der Waals surface area contributed by atoms with Crippen molar-refractivity contribution in [3.8, 4) is 12.1 Å². The molecule has 0 aromatic heterocycles. The van der Waals surface area contributed by atoms with Gasteiger partial charge >= 0.3 is 0 Å². The molecule has 0 aliphatic heterocycles. The normalized spacial score (nSPS) is 9.80. The first kappa shape index (κ1) is 13.8. The van der Waals surface area contributed by atoms with Gasteiger partial charge in [0.25, 0.3) is 0 Å². The van der Waals surface area contributed by atoms with Gasteiger partial charge in [0.05, 0.1) is 23.3 Å². The number of nitrogens with zero attached hydrogens (tertiary/aromatic N) is 2. The Morgan fingerprint density at radius 3 is 1.45 bits per heavy atom. The highest BCUT2D eigenvalue weighted by Gasteiger charge is 2.04. The summed E-state index contributed by atoms with van der Waals surface area (Å²) in [5, 5.41) is 17.7. The summed E-state index contributed by atoms with van der Waals surface area (Å²) < 4.78 is 0. The molecule has 0 saturated heterocycles. The minimum atomic E-state index is 0.709. The topological polar surface area (TPSA) is 47.6 Å². The molecule has 0 aliphatic rings. The number of rotatable bonds is 3. The number of hydrogen-bond acceptors (Lipinski definition) is 2. The van der Waals surface area contributed by atoms with E-state index in [1.165, 1.54) is 11.1 Å². The Morgan fingerprint density at radius 2 is 1.15 bits per heavy atom. The minimum absolute atomic E-state index is 0.709. The van der Waals surface area contributed by atoms with Gasteiger partial charge in [0.1, 0.15) is 0 Å². The summed E-state index contributed by atoms with van der Waals surface area (Å²) in [6.07, 6.45) is 1.90. The molecule has 0 atom stereocenters. The van der Waals surface area contributed by atoms with E-state index in [1.807, 2.05) is 50.2 Å². The van der Waals surface area contributed by atoms with E-state index in [-0.39, 0.29) is 0 Å². The van der Waals surface area contributed by atoms with Crippen LogP contribution in [0.15, 0.2) is 36.4 Å². The lowest BCUT2D eigenvalue weighted by atomic mass is 9.96. The van der Waals surface area contributed by atoms with Crippen LogP contribution >= 0.6 is 0 Å². The number of aryl methyl sites for hydroxylation is 4. The molecule has 0 amide bonds. The van der Waals surface area contributed by atoms with Gasteiger partial charge in [-0.05, 0) is 73.2 Å². The Kier molecular flexibility index (Phi) is 4.18. The van der Waals surface area contributed by atoms with E-state index in [9.17, 15) is 0 Å². The lowest BCUT2D eigenvalue weighted by Crippen LogP contribution is -1.97. The van der Waals surface area contributed by atoms with E-state index in [1.54, 1.807) is 0 Å². The predicted molar refractivity (Wildman–Crippen MR) is 79.2 cm³/mol. The van der Waals surface area contributed by atoms with Gasteiger partial charge in [0, 0.05) is 0 Å². The average molecular weight is 260 g/mol. The molecule has 2 heteroatoms. The average Bonchev–Trinajstić information content (AvgIpc) is 2.46. The van der Waals surface area contributed by atoms with Crippen LogP contribution in [0, 0.1) is 36.5 Å². The van der Waals surface area contributed by atoms with Gasteiger partial charge in [-0.25, -0.2) is 0 Å². The molecule has 2 nitrogen and oxygen atoms in total. The van der Waals surface area contributed by atoms with E-state index >= 15 is 0 Å². The second kappa shape index (κ2) is 6.04. The molecule has 0 fully saturated rings. The Bertz CT molecular complexity index is 652. The van der Waals surface area contributed by atoms with Crippen molar-refractivity contribution in [2.75, 3.05) is 0 Å². The molecule has 0 N–H and O–H groups in total. The van der Waals surface area contributed by atoms with Crippen molar-refractivity contribution >= 4 is 0 Å². The monoisotopic (exact) mass is 260 g/mol. The van der Waals surface area contributed by atoms with Crippen LogP contribution in [0.2, 0.25) is 0 Å². The molecule has 20 heavy (non-hydrogen) atoms. The van der Waals surface area contributed by atoms with Gasteiger partial charge < -0.3 is 0 Å². The molecule has 2 aromatic rings. The highest BCUT2D eigenvalue weighted by atomic mass is 14.2. The summed E-state index contributed by atoms with van der Waals surface area (Å²) in [7, 11) is 0. The number of hydrogen-bond donors (Lipinski definition) is 0. The fourth-order valence-corrected chi connectivity index (χ4v) is 2.36. The van der Waals surface area contributed by atoms with Crippen LogP contribution in [-0.4, -0.2) is 0 Å². The van der Waals surface area contributed by atoms with Crippen LogP contribution in [0.25, 0.3) is 0 Å². The Balaban J connectivity index is 2.13. The van der Waals surface area contributed by atoms with Crippen molar-refractivity contribution in [1.82, 2.24) is 0 Å². The van der Waals surface area contributed by atoms with Crippen molar-refractivity contribution in [3.63, 3.8) is 0 Å². The number of benzene rings is 2. The molecule has 0 unspecified atom stereocenters. The molecule has 2 rings (SSSR count). The van der Waals surface area contributed by atoms with Crippen LogP contribution in [0.3, 0.4) is 0 Å². The fourth-order valence-electron chi connectivity index (χ4n) is 2.36. The third-order valence-corrected chi connectivity index (χ3v) is 3.61. The molecular formula is C18H16N2. The van der Waals surface area contributed by atoms with Crippen LogP contribution in [-0.2, 0) is 12.8 Å². The maximum Gasteiger partial charge on any atom is 0.0991 e. The summed E-state index contributed by atoms with van der Waals surface area (Å²) in [5.41, 5.74) is 6.29. The van der Waals surface area contributed by atoms with E-state index in [4.69, 9.17) is 10.5 Å². The highest BCUT2D eigenvalue weighted by Crippen LogP contribution is 2.16. The Labute approximate surface area is 119 Å². The summed E-state index contributed by atoms with van der Waals surface area (Å²) in [6, 6.07) is 16.0. The third kappa shape index (κ3) is 3.05. The van der Waals surface area contributed by atoms with Crippen LogP contribution in [0.5, 0.6) is 0 Å². The molecule has 0 radical (unpaired) electrons. The molecule has 0 bridgehead atoms. The molecular weight excluding hydrogens is 244 g/mol. The second-order valence-corrected chi connectivity index (χ2v) is 5.01. The van der Waals surface area contributed by atoms with Gasteiger partial charge in [-0.1, -0.05) is 12.1 Å². The van der Waals surface area contributed by atoms with Crippen LogP contribution in [0.4, 0.5) is 0 Å². The lowest BCUT2D eigenvalue weighted by molar-refractivity contribution is 0.938. The van der Waals surface area contributed by atoms with E-state index in [0.29, 0.717) is 11.1 Å². The quantitative estimate of drug-likeness (QED) is 0.842. The first-order valence-electron chi connectivity index (χ1n) is 6.63. The Hall–Kier alpha value is -2.58. The zero-order chi connectivity index (χ0) is 14.5. The predicted octanol–water partition coefficient (Wildman–Crippen LogP) is 3.83. The van der Waals surface area contributed by atoms with Crippen molar-refractivity contribution in [2.24, 2.45) is 0 Å².